The summed E-state index contributed by atoms with van der Waals surface area (Å²) >= 11 is 5.95. The van der Waals surface area contributed by atoms with E-state index in [0.29, 0.717) is 27.7 Å². The number of amides is 1. The summed E-state index contributed by atoms with van der Waals surface area (Å²) in [6.45, 7) is 0.174. The summed E-state index contributed by atoms with van der Waals surface area (Å²) in [4.78, 5) is 17.4. The topological polar surface area (TPSA) is 90.3 Å². The third-order valence-electron chi connectivity index (χ3n) is 4.48. The van der Waals surface area contributed by atoms with Gasteiger partial charge in [-0.1, -0.05) is 35.9 Å². The first-order valence-electron chi connectivity index (χ1n) is 8.44. The molecule has 1 aliphatic rings. The Morgan fingerprint density at radius 1 is 1.18 bits per heavy atom. The molecule has 0 aliphatic carbocycles. The number of nitrogens with one attached hydrogen (secondary N) is 1. The quantitative estimate of drug-likeness (QED) is 0.703. The van der Waals surface area contributed by atoms with Crippen LogP contribution in [0.3, 0.4) is 0 Å². The van der Waals surface area contributed by atoms with Crippen LogP contribution in [-0.2, 0) is 16.4 Å². The number of fused-ring (bicyclic) bond motifs is 1. The molecule has 0 bridgehead atoms. The fraction of sp³-hybridized carbons (Fsp3) is 0.158. The number of hydrogen-bond acceptors (Lipinski definition) is 5. The SMILES string of the molecule is COc1ccccc1NC(=O)c1c(-c2ccc(Cl)cc2)nc2n1CCS2(=O)=O. The van der Waals surface area contributed by atoms with E-state index in [2.05, 4.69) is 10.3 Å². The van der Waals surface area contributed by atoms with Gasteiger partial charge in [0.05, 0.1) is 18.6 Å². The fourth-order valence-corrected chi connectivity index (χ4v) is 4.63. The van der Waals surface area contributed by atoms with E-state index in [1.807, 2.05) is 0 Å². The van der Waals surface area contributed by atoms with Crippen LogP contribution in [0.1, 0.15) is 10.5 Å². The zero-order valence-corrected chi connectivity index (χ0v) is 16.4. The Kier molecular flexibility index (Phi) is 4.60. The van der Waals surface area contributed by atoms with Crippen LogP contribution in [0.15, 0.2) is 53.7 Å². The lowest BCUT2D eigenvalue weighted by molar-refractivity contribution is 0.101. The van der Waals surface area contributed by atoms with Crippen molar-refractivity contribution in [1.82, 2.24) is 9.55 Å². The molecule has 144 valence electrons. The summed E-state index contributed by atoms with van der Waals surface area (Å²) in [5.41, 5.74) is 1.56. The number of benzene rings is 2. The molecule has 2 aromatic carbocycles. The molecule has 0 spiro atoms. The maximum Gasteiger partial charge on any atom is 0.274 e. The van der Waals surface area contributed by atoms with Crippen LogP contribution in [0.25, 0.3) is 11.3 Å². The van der Waals surface area contributed by atoms with Crippen LogP contribution in [0.2, 0.25) is 5.02 Å². The summed E-state index contributed by atoms with van der Waals surface area (Å²) < 4.78 is 31.4. The average molecular weight is 418 g/mol. The zero-order chi connectivity index (χ0) is 19.9. The summed E-state index contributed by atoms with van der Waals surface area (Å²) in [6.07, 6.45) is 0. The highest BCUT2D eigenvalue weighted by Crippen LogP contribution is 2.32. The van der Waals surface area contributed by atoms with E-state index in [-0.39, 0.29) is 23.1 Å². The molecular formula is C19H16ClN3O4S. The normalized spacial score (nSPS) is 14.5. The van der Waals surface area contributed by atoms with Crippen molar-refractivity contribution in [3.05, 3.63) is 59.2 Å². The Bertz CT molecular complexity index is 1170. The summed E-state index contributed by atoms with van der Waals surface area (Å²) in [7, 11) is -2.01. The van der Waals surface area contributed by atoms with E-state index >= 15 is 0 Å². The third kappa shape index (κ3) is 3.14. The summed E-state index contributed by atoms with van der Waals surface area (Å²) in [6, 6.07) is 13.7. The highest BCUT2D eigenvalue weighted by molar-refractivity contribution is 7.91. The minimum atomic E-state index is -3.52. The maximum absolute atomic E-state index is 13.1. The van der Waals surface area contributed by atoms with Crippen molar-refractivity contribution >= 4 is 33.0 Å². The smallest absolute Gasteiger partial charge is 0.274 e. The number of rotatable bonds is 4. The van der Waals surface area contributed by atoms with Gasteiger partial charge in [0.25, 0.3) is 5.91 Å². The maximum atomic E-state index is 13.1. The van der Waals surface area contributed by atoms with E-state index in [4.69, 9.17) is 16.3 Å². The van der Waals surface area contributed by atoms with E-state index in [1.54, 1.807) is 48.5 Å². The second-order valence-corrected chi connectivity index (χ2v) is 8.66. The first kappa shape index (κ1) is 18.5. The van der Waals surface area contributed by atoms with Crippen LogP contribution in [0.5, 0.6) is 5.75 Å². The molecule has 1 aliphatic heterocycles. The van der Waals surface area contributed by atoms with Crippen molar-refractivity contribution in [2.45, 2.75) is 11.7 Å². The fourth-order valence-electron chi connectivity index (χ4n) is 3.15. The molecule has 28 heavy (non-hydrogen) atoms. The van der Waals surface area contributed by atoms with Crippen molar-refractivity contribution in [2.75, 3.05) is 18.2 Å². The van der Waals surface area contributed by atoms with Crippen molar-refractivity contribution in [1.29, 1.82) is 0 Å². The van der Waals surface area contributed by atoms with E-state index in [0.717, 1.165) is 0 Å². The van der Waals surface area contributed by atoms with Gasteiger partial charge in [0, 0.05) is 17.1 Å². The molecular weight excluding hydrogens is 402 g/mol. The van der Waals surface area contributed by atoms with Crippen molar-refractivity contribution < 1.29 is 17.9 Å². The molecule has 2 heterocycles. The Hall–Kier alpha value is -2.84. The van der Waals surface area contributed by atoms with E-state index in [9.17, 15) is 13.2 Å². The number of halogens is 1. The Morgan fingerprint density at radius 2 is 1.89 bits per heavy atom. The predicted octanol–water partition coefficient (Wildman–Crippen LogP) is 3.25. The van der Waals surface area contributed by atoms with Gasteiger partial charge in [0.15, 0.2) is 0 Å². The van der Waals surface area contributed by atoms with Gasteiger partial charge in [-0.15, -0.1) is 0 Å². The highest BCUT2D eigenvalue weighted by atomic mass is 35.5. The molecule has 0 fully saturated rings. The van der Waals surface area contributed by atoms with Crippen LogP contribution in [-0.4, -0.2) is 36.7 Å². The van der Waals surface area contributed by atoms with Crippen LogP contribution in [0, 0.1) is 0 Å². The molecule has 1 N–H and O–H groups in total. The van der Waals surface area contributed by atoms with Gasteiger partial charge in [-0.25, -0.2) is 13.4 Å². The lowest BCUT2D eigenvalue weighted by Gasteiger charge is -2.11. The zero-order valence-electron chi connectivity index (χ0n) is 14.8. The van der Waals surface area contributed by atoms with Crippen LogP contribution < -0.4 is 10.1 Å². The Morgan fingerprint density at radius 3 is 2.61 bits per heavy atom. The molecule has 1 amide bonds. The molecule has 3 aromatic rings. The minimum Gasteiger partial charge on any atom is -0.495 e. The summed E-state index contributed by atoms with van der Waals surface area (Å²) in [5.74, 6) is -0.0477. The lowest BCUT2D eigenvalue weighted by Crippen LogP contribution is -2.18. The number of carbonyl (C=O) groups is 1. The third-order valence-corrected chi connectivity index (χ3v) is 6.32. The summed E-state index contributed by atoms with van der Waals surface area (Å²) in [5, 5.41) is 3.23. The van der Waals surface area contributed by atoms with Gasteiger partial charge >= 0.3 is 0 Å². The van der Waals surface area contributed by atoms with E-state index < -0.39 is 15.7 Å². The van der Waals surface area contributed by atoms with Gasteiger partial charge in [-0.2, -0.15) is 0 Å². The number of para-hydroxylation sites is 2. The first-order valence-corrected chi connectivity index (χ1v) is 10.5. The molecule has 1 aromatic heterocycles. The van der Waals surface area contributed by atoms with Crippen molar-refractivity contribution in [3.63, 3.8) is 0 Å². The molecule has 4 rings (SSSR count). The molecule has 9 heteroatoms. The Balaban J connectivity index is 1.83. The number of methoxy groups -OCH3 is 1. The monoisotopic (exact) mass is 417 g/mol. The lowest BCUT2D eigenvalue weighted by atomic mass is 10.1. The molecule has 0 saturated carbocycles. The van der Waals surface area contributed by atoms with Gasteiger partial charge in [0.2, 0.25) is 15.0 Å². The molecule has 0 unspecified atom stereocenters. The molecule has 0 saturated heterocycles. The number of anilines is 1. The number of ether oxygens (including phenoxy) is 1. The van der Waals surface area contributed by atoms with Gasteiger partial charge < -0.3 is 14.6 Å². The molecule has 0 atom stereocenters. The number of nitrogens with zero attached hydrogens (tertiary/aromatic N) is 2. The highest BCUT2D eigenvalue weighted by Gasteiger charge is 2.35. The number of sulfone groups is 1. The minimum absolute atomic E-state index is 0.0782. The number of aromatic nitrogens is 2. The predicted molar refractivity (Wildman–Crippen MR) is 106 cm³/mol. The number of hydrogen-bond donors (Lipinski definition) is 1. The number of imidazole rings is 1. The second-order valence-electron chi connectivity index (χ2n) is 6.22. The largest absolute Gasteiger partial charge is 0.495 e. The van der Waals surface area contributed by atoms with Gasteiger partial charge in [-0.3, -0.25) is 4.79 Å². The number of carbonyl (C=O) groups excluding carboxylic acids is 1. The second kappa shape index (κ2) is 6.96. The van der Waals surface area contributed by atoms with Crippen LogP contribution in [0.4, 0.5) is 5.69 Å². The first-order chi connectivity index (χ1) is 13.4. The van der Waals surface area contributed by atoms with E-state index in [1.165, 1.54) is 11.7 Å². The Labute approximate surface area is 166 Å². The van der Waals surface area contributed by atoms with Crippen LogP contribution >= 0.6 is 11.6 Å². The van der Waals surface area contributed by atoms with Gasteiger partial charge in [0.1, 0.15) is 17.1 Å². The molecule has 0 radical (unpaired) electrons. The average Bonchev–Trinajstić information content (AvgIpc) is 3.20. The molecule has 7 nitrogen and oxygen atoms in total. The standard InChI is InChI=1S/C19H16ClN3O4S/c1-27-15-5-3-2-4-14(15)21-18(24)17-16(12-6-8-13(20)9-7-12)22-19-23(17)10-11-28(19,25)26/h2-9H,10-11H2,1H3,(H,21,24). The van der Waals surface area contributed by atoms with Crippen molar-refractivity contribution in [2.24, 2.45) is 0 Å². The van der Waals surface area contributed by atoms with Gasteiger partial charge in [-0.05, 0) is 24.3 Å². The van der Waals surface area contributed by atoms with Crippen molar-refractivity contribution in [3.8, 4) is 17.0 Å².